The number of rotatable bonds is 6. The largest absolute Gasteiger partial charge is 0.495 e. The Bertz CT molecular complexity index is 765. The number of anilines is 1. The van der Waals surface area contributed by atoms with Gasteiger partial charge in [-0.1, -0.05) is 11.6 Å². The number of aliphatic hydroxyl groups is 1. The Morgan fingerprint density at radius 1 is 1.31 bits per heavy atom. The van der Waals surface area contributed by atoms with Gasteiger partial charge >= 0.3 is 6.03 Å². The Balaban J connectivity index is 1.57. The molecule has 1 aromatic rings. The molecule has 3 rings (SSSR count). The first kappa shape index (κ1) is 21.5. The Hall–Kier alpha value is -2.19. The van der Waals surface area contributed by atoms with Crippen LogP contribution in [0.2, 0.25) is 5.02 Å². The third kappa shape index (κ3) is 4.87. The highest BCUT2D eigenvalue weighted by Crippen LogP contribution is 2.39. The number of carbonyl (C=O) groups is 2. The van der Waals surface area contributed by atoms with Crippen LogP contribution in [-0.4, -0.2) is 68.5 Å². The van der Waals surface area contributed by atoms with Gasteiger partial charge in [-0.25, -0.2) is 4.79 Å². The molecule has 1 aromatic carbocycles. The van der Waals surface area contributed by atoms with E-state index in [1.165, 1.54) is 5.56 Å². The molecule has 29 heavy (non-hydrogen) atoms. The topological polar surface area (TPSA) is 94.1 Å². The summed E-state index contributed by atoms with van der Waals surface area (Å²) in [5.74, 6) is 1.06. The van der Waals surface area contributed by atoms with Crippen LogP contribution in [0.4, 0.5) is 10.5 Å². The van der Waals surface area contributed by atoms with Gasteiger partial charge in [0, 0.05) is 33.6 Å². The summed E-state index contributed by atoms with van der Waals surface area (Å²) in [4.78, 5) is 27.6. The number of likely N-dealkylation sites (tertiary alicyclic amines) is 1. The number of urea groups is 1. The predicted molar refractivity (Wildman–Crippen MR) is 112 cm³/mol. The number of amides is 3. The fourth-order valence-electron chi connectivity index (χ4n) is 3.97. The molecule has 0 aliphatic carbocycles. The molecule has 160 valence electrons. The van der Waals surface area contributed by atoms with E-state index in [0.29, 0.717) is 42.6 Å². The van der Waals surface area contributed by atoms with Gasteiger partial charge in [0.2, 0.25) is 5.91 Å². The highest BCUT2D eigenvalue weighted by Gasteiger charge is 2.31. The molecule has 2 aliphatic heterocycles. The van der Waals surface area contributed by atoms with Crippen LogP contribution in [0.1, 0.15) is 37.2 Å². The molecule has 3 N–H and O–H groups in total. The van der Waals surface area contributed by atoms with Crippen molar-refractivity contribution in [3.63, 3.8) is 0 Å². The van der Waals surface area contributed by atoms with Crippen molar-refractivity contribution in [1.29, 1.82) is 0 Å². The molecule has 0 aromatic heterocycles. The molecule has 2 fully saturated rings. The first-order valence-corrected chi connectivity index (χ1v) is 10.3. The molecule has 0 spiro atoms. The van der Waals surface area contributed by atoms with Gasteiger partial charge < -0.3 is 30.3 Å². The van der Waals surface area contributed by atoms with Crippen molar-refractivity contribution >= 4 is 29.2 Å². The maximum absolute atomic E-state index is 12.5. The molecule has 9 heteroatoms. The van der Waals surface area contributed by atoms with Gasteiger partial charge in [-0.3, -0.25) is 4.79 Å². The molecule has 0 saturated carbocycles. The molecule has 2 atom stereocenters. The Kier molecular flexibility index (Phi) is 6.74. The molecule has 8 nitrogen and oxygen atoms in total. The number of hydrogen-bond donors (Lipinski definition) is 3. The summed E-state index contributed by atoms with van der Waals surface area (Å²) in [6, 6.07) is 3.28. The Labute approximate surface area is 176 Å². The van der Waals surface area contributed by atoms with E-state index in [0.717, 1.165) is 18.5 Å². The van der Waals surface area contributed by atoms with Crippen LogP contribution in [-0.2, 0) is 4.79 Å². The van der Waals surface area contributed by atoms with Crippen LogP contribution in [0.25, 0.3) is 0 Å². The minimum Gasteiger partial charge on any atom is -0.495 e. The first-order valence-electron chi connectivity index (χ1n) is 9.87. The lowest BCUT2D eigenvalue weighted by atomic mass is 9.88. The Morgan fingerprint density at radius 3 is 2.55 bits per heavy atom. The van der Waals surface area contributed by atoms with E-state index < -0.39 is 18.3 Å². The van der Waals surface area contributed by atoms with Crippen LogP contribution in [0.5, 0.6) is 5.75 Å². The lowest BCUT2D eigenvalue weighted by Gasteiger charge is -2.33. The summed E-state index contributed by atoms with van der Waals surface area (Å²) in [6.45, 7) is 1.37. The zero-order chi connectivity index (χ0) is 21.1. The van der Waals surface area contributed by atoms with Gasteiger partial charge in [0.25, 0.3) is 0 Å². The van der Waals surface area contributed by atoms with Gasteiger partial charge in [0.05, 0.1) is 18.8 Å². The van der Waals surface area contributed by atoms with Crippen LogP contribution < -0.4 is 20.3 Å². The predicted octanol–water partition coefficient (Wildman–Crippen LogP) is 1.90. The monoisotopic (exact) mass is 424 g/mol. The van der Waals surface area contributed by atoms with E-state index in [1.54, 1.807) is 7.11 Å². The number of benzene rings is 1. The summed E-state index contributed by atoms with van der Waals surface area (Å²) < 4.78 is 5.44. The number of carbonyl (C=O) groups excluding carboxylic acids is 2. The minimum atomic E-state index is -0.938. The molecule has 3 amide bonds. The van der Waals surface area contributed by atoms with E-state index >= 15 is 0 Å². The zero-order valence-corrected chi connectivity index (χ0v) is 17.8. The summed E-state index contributed by atoms with van der Waals surface area (Å²) in [5.41, 5.74) is 2.09. The van der Waals surface area contributed by atoms with E-state index in [4.69, 9.17) is 16.3 Å². The highest BCUT2D eigenvalue weighted by molar-refractivity contribution is 6.34. The lowest BCUT2D eigenvalue weighted by molar-refractivity contribution is -0.132. The summed E-state index contributed by atoms with van der Waals surface area (Å²) >= 11 is 6.42. The number of ether oxygens (including phenoxy) is 1. The molecule has 2 saturated heterocycles. The molecule has 0 bridgehead atoms. The molecular weight excluding hydrogens is 396 g/mol. The second-order valence-electron chi connectivity index (χ2n) is 7.81. The SMILES string of the molecule is COc1cc(C2CCN(C(=O)CC[C@H]3NC(=O)NC3O)CC2)cc(N(C)C)c1Cl. The maximum Gasteiger partial charge on any atom is 0.317 e. The summed E-state index contributed by atoms with van der Waals surface area (Å²) in [5, 5.41) is 15.3. The third-order valence-electron chi connectivity index (χ3n) is 5.71. The zero-order valence-electron chi connectivity index (χ0n) is 17.1. The second kappa shape index (κ2) is 9.09. The van der Waals surface area contributed by atoms with Gasteiger partial charge in [-0.2, -0.15) is 0 Å². The highest BCUT2D eigenvalue weighted by atomic mass is 35.5. The minimum absolute atomic E-state index is 0.0551. The van der Waals surface area contributed by atoms with Crippen LogP contribution in [0.3, 0.4) is 0 Å². The van der Waals surface area contributed by atoms with E-state index in [-0.39, 0.29) is 5.91 Å². The van der Waals surface area contributed by atoms with Gasteiger partial charge in [-0.15, -0.1) is 0 Å². The quantitative estimate of drug-likeness (QED) is 0.648. The lowest BCUT2D eigenvalue weighted by Crippen LogP contribution is -2.39. The number of aliphatic hydroxyl groups excluding tert-OH is 1. The molecule has 2 heterocycles. The molecule has 0 radical (unpaired) electrons. The number of hydrogen-bond acceptors (Lipinski definition) is 5. The van der Waals surface area contributed by atoms with E-state index in [2.05, 4.69) is 16.7 Å². The smallest absolute Gasteiger partial charge is 0.317 e. The van der Waals surface area contributed by atoms with Crippen molar-refractivity contribution in [3.05, 3.63) is 22.7 Å². The average Bonchev–Trinajstić information content (AvgIpc) is 3.03. The fraction of sp³-hybridized carbons (Fsp3) is 0.600. The van der Waals surface area contributed by atoms with Crippen LogP contribution in [0.15, 0.2) is 12.1 Å². The number of piperidine rings is 1. The fourth-order valence-corrected chi connectivity index (χ4v) is 4.32. The van der Waals surface area contributed by atoms with E-state index in [9.17, 15) is 14.7 Å². The van der Waals surface area contributed by atoms with Crippen molar-refractivity contribution < 1.29 is 19.4 Å². The van der Waals surface area contributed by atoms with Crippen molar-refractivity contribution in [2.45, 2.75) is 43.9 Å². The molecule has 2 aliphatic rings. The average molecular weight is 425 g/mol. The number of nitrogens with one attached hydrogen (secondary N) is 2. The number of methoxy groups -OCH3 is 1. The van der Waals surface area contributed by atoms with Crippen molar-refractivity contribution in [2.75, 3.05) is 39.2 Å². The number of nitrogens with zero attached hydrogens (tertiary/aromatic N) is 2. The molecular formula is C20H29ClN4O4. The van der Waals surface area contributed by atoms with Gasteiger partial charge in [0.15, 0.2) is 0 Å². The van der Waals surface area contributed by atoms with Gasteiger partial charge in [0.1, 0.15) is 17.0 Å². The number of halogens is 1. The molecule has 1 unspecified atom stereocenters. The standard InChI is InChI=1S/C20H29ClN4O4/c1-24(2)15-10-13(11-16(29-3)18(15)21)12-6-8-25(9-7-12)17(26)5-4-14-19(27)23-20(28)22-14/h10-12,14,19,27H,4-9H2,1-3H3,(H2,22,23,28)/t14-,19?/m1/s1. The third-order valence-corrected chi connectivity index (χ3v) is 6.09. The van der Waals surface area contributed by atoms with Crippen LogP contribution >= 0.6 is 11.6 Å². The van der Waals surface area contributed by atoms with Crippen LogP contribution in [0, 0.1) is 0 Å². The summed E-state index contributed by atoms with van der Waals surface area (Å²) in [7, 11) is 5.51. The maximum atomic E-state index is 12.5. The van der Waals surface area contributed by atoms with Crippen molar-refractivity contribution in [3.8, 4) is 5.75 Å². The Morgan fingerprint density at radius 2 is 2.00 bits per heavy atom. The van der Waals surface area contributed by atoms with Gasteiger partial charge in [-0.05, 0) is 42.9 Å². The normalized spacial score (nSPS) is 22.2. The summed E-state index contributed by atoms with van der Waals surface area (Å²) in [6.07, 6.45) is 1.51. The first-order chi connectivity index (χ1) is 13.8. The van der Waals surface area contributed by atoms with Crippen molar-refractivity contribution in [1.82, 2.24) is 15.5 Å². The second-order valence-corrected chi connectivity index (χ2v) is 8.19. The van der Waals surface area contributed by atoms with E-state index in [1.807, 2.05) is 30.0 Å². The van der Waals surface area contributed by atoms with Crippen molar-refractivity contribution in [2.24, 2.45) is 0 Å².